The Morgan fingerprint density at radius 2 is 2.04 bits per heavy atom. The van der Waals surface area contributed by atoms with Crippen LogP contribution in [0.3, 0.4) is 0 Å². The summed E-state index contributed by atoms with van der Waals surface area (Å²) in [5.74, 6) is 1.92. The van der Waals surface area contributed by atoms with Crippen molar-refractivity contribution in [3.8, 4) is 23.0 Å². The molecular weight excluding hydrogens is 338 g/mol. The van der Waals surface area contributed by atoms with Crippen LogP contribution in [0.1, 0.15) is 28.9 Å². The van der Waals surface area contributed by atoms with Gasteiger partial charge in [-0.2, -0.15) is 0 Å². The number of benzene rings is 2. The Morgan fingerprint density at radius 3 is 2.81 bits per heavy atom. The summed E-state index contributed by atoms with van der Waals surface area (Å²) in [6.07, 6.45) is 0.658. The quantitative estimate of drug-likeness (QED) is 0.767. The van der Waals surface area contributed by atoms with Crippen LogP contribution in [-0.2, 0) is 4.79 Å². The molecule has 0 unspecified atom stereocenters. The van der Waals surface area contributed by atoms with Crippen molar-refractivity contribution < 1.29 is 28.5 Å². The molecule has 0 bridgehead atoms. The van der Waals surface area contributed by atoms with Gasteiger partial charge in [0.15, 0.2) is 24.4 Å². The van der Waals surface area contributed by atoms with E-state index in [1.807, 2.05) is 25.1 Å². The summed E-state index contributed by atoms with van der Waals surface area (Å²) in [5.41, 5.74) is 1.21. The highest BCUT2D eigenvalue weighted by Crippen LogP contribution is 2.34. The Bertz CT molecular complexity index is 820. The van der Waals surface area contributed by atoms with E-state index in [9.17, 15) is 9.59 Å². The fraction of sp³-hybridized carbons (Fsp3) is 0.263. The van der Waals surface area contributed by atoms with Gasteiger partial charge in [-0.25, -0.2) is 0 Å². The number of amides is 1. The van der Waals surface area contributed by atoms with Gasteiger partial charge >= 0.3 is 0 Å². The third-order valence-corrected chi connectivity index (χ3v) is 3.98. The van der Waals surface area contributed by atoms with E-state index in [-0.39, 0.29) is 25.3 Å². The van der Waals surface area contributed by atoms with Gasteiger partial charge in [-0.05, 0) is 42.8 Å². The minimum Gasteiger partial charge on any atom is -0.497 e. The first kappa shape index (κ1) is 17.6. The molecule has 0 fully saturated rings. The monoisotopic (exact) mass is 357 g/mol. The molecule has 0 aromatic heterocycles. The number of methoxy groups -OCH3 is 1. The predicted octanol–water partition coefficient (Wildman–Crippen LogP) is 2.49. The van der Waals surface area contributed by atoms with Gasteiger partial charge in [-0.3, -0.25) is 9.59 Å². The third kappa shape index (κ3) is 3.88. The zero-order chi connectivity index (χ0) is 18.5. The first-order valence-corrected chi connectivity index (χ1v) is 8.05. The molecule has 0 radical (unpaired) electrons. The van der Waals surface area contributed by atoms with Crippen molar-refractivity contribution in [3.63, 3.8) is 0 Å². The van der Waals surface area contributed by atoms with E-state index in [1.54, 1.807) is 18.2 Å². The second-order valence-corrected chi connectivity index (χ2v) is 5.71. The van der Waals surface area contributed by atoms with E-state index >= 15 is 0 Å². The van der Waals surface area contributed by atoms with E-state index in [1.165, 1.54) is 7.11 Å². The van der Waals surface area contributed by atoms with Crippen LogP contribution in [0.15, 0.2) is 36.4 Å². The molecule has 1 heterocycles. The first-order valence-electron chi connectivity index (χ1n) is 8.05. The van der Waals surface area contributed by atoms with Crippen molar-refractivity contribution >= 4 is 12.2 Å². The molecule has 0 spiro atoms. The van der Waals surface area contributed by atoms with Crippen LogP contribution >= 0.6 is 0 Å². The van der Waals surface area contributed by atoms with Gasteiger partial charge in [0.2, 0.25) is 6.79 Å². The number of carbonyl (C=O) groups is 2. The largest absolute Gasteiger partial charge is 0.497 e. The van der Waals surface area contributed by atoms with Crippen LogP contribution in [0.2, 0.25) is 0 Å². The lowest BCUT2D eigenvalue weighted by atomic mass is 10.1. The standard InChI is InChI=1S/C19H19NO6/c1-12(13-3-5-17-18(8-13)26-11-25-17)20-19(22)10-24-16-6-4-15(23-2)7-14(16)9-21/h3-9,12H,10-11H2,1-2H3,(H,20,22)/t12-/m0/s1. The van der Waals surface area contributed by atoms with Crippen molar-refractivity contribution in [1.29, 1.82) is 0 Å². The Balaban J connectivity index is 1.58. The normalized spacial score (nSPS) is 13.0. The second kappa shape index (κ2) is 7.77. The van der Waals surface area contributed by atoms with E-state index in [0.29, 0.717) is 34.8 Å². The summed E-state index contributed by atoms with van der Waals surface area (Å²) >= 11 is 0. The molecule has 0 aliphatic carbocycles. The topological polar surface area (TPSA) is 83.1 Å². The molecule has 0 saturated heterocycles. The van der Waals surface area contributed by atoms with Gasteiger partial charge in [0.05, 0.1) is 18.7 Å². The number of aldehydes is 1. The highest BCUT2D eigenvalue weighted by molar-refractivity contribution is 5.81. The van der Waals surface area contributed by atoms with E-state index < -0.39 is 0 Å². The zero-order valence-corrected chi connectivity index (χ0v) is 14.5. The minimum atomic E-state index is -0.303. The highest BCUT2D eigenvalue weighted by Gasteiger charge is 2.17. The Kier molecular flexibility index (Phi) is 5.26. The average molecular weight is 357 g/mol. The van der Waals surface area contributed by atoms with Gasteiger partial charge in [0, 0.05) is 0 Å². The van der Waals surface area contributed by atoms with Crippen LogP contribution < -0.4 is 24.3 Å². The first-order chi connectivity index (χ1) is 12.6. The molecule has 7 heteroatoms. The molecule has 1 atom stereocenters. The van der Waals surface area contributed by atoms with Crippen LogP contribution in [0, 0.1) is 0 Å². The van der Waals surface area contributed by atoms with Crippen LogP contribution in [0.25, 0.3) is 0 Å². The smallest absolute Gasteiger partial charge is 0.258 e. The number of nitrogens with one attached hydrogen (secondary N) is 1. The fourth-order valence-corrected chi connectivity index (χ4v) is 2.57. The summed E-state index contributed by atoms with van der Waals surface area (Å²) in [5, 5.41) is 2.84. The van der Waals surface area contributed by atoms with Crippen LogP contribution in [0.4, 0.5) is 0 Å². The molecule has 1 amide bonds. The van der Waals surface area contributed by atoms with Crippen molar-refractivity contribution in [2.24, 2.45) is 0 Å². The van der Waals surface area contributed by atoms with Crippen molar-refractivity contribution in [3.05, 3.63) is 47.5 Å². The lowest BCUT2D eigenvalue weighted by Gasteiger charge is -2.15. The molecule has 3 rings (SSSR count). The maximum Gasteiger partial charge on any atom is 0.258 e. The molecule has 7 nitrogen and oxygen atoms in total. The van der Waals surface area contributed by atoms with Gasteiger partial charge in [0.1, 0.15) is 11.5 Å². The van der Waals surface area contributed by atoms with E-state index in [4.69, 9.17) is 18.9 Å². The van der Waals surface area contributed by atoms with Crippen LogP contribution in [0.5, 0.6) is 23.0 Å². The Hall–Kier alpha value is -3.22. The number of fused-ring (bicyclic) bond motifs is 1. The maximum absolute atomic E-state index is 12.2. The van der Waals surface area contributed by atoms with Gasteiger partial charge in [-0.15, -0.1) is 0 Å². The Labute approximate surface area is 150 Å². The third-order valence-electron chi connectivity index (χ3n) is 3.98. The SMILES string of the molecule is COc1ccc(OCC(=O)N[C@@H](C)c2ccc3c(c2)OCO3)c(C=O)c1. The van der Waals surface area contributed by atoms with Gasteiger partial charge < -0.3 is 24.3 Å². The molecule has 26 heavy (non-hydrogen) atoms. The second-order valence-electron chi connectivity index (χ2n) is 5.71. The highest BCUT2D eigenvalue weighted by atomic mass is 16.7. The maximum atomic E-state index is 12.2. The number of hydrogen-bond donors (Lipinski definition) is 1. The molecular formula is C19H19NO6. The number of ether oxygens (including phenoxy) is 4. The summed E-state index contributed by atoms with van der Waals surface area (Å²) in [4.78, 5) is 23.3. The molecule has 2 aromatic rings. The van der Waals surface area contributed by atoms with Crippen molar-refractivity contribution in [2.75, 3.05) is 20.5 Å². The lowest BCUT2D eigenvalue weighted by molar-refractivity contribution is -0.123. The zero-order valence-electron chi connectivity index (χ0n) is 14.5. The molecule has 2 aromatic carbocycles. The van der Waals surface area contributed by atoms with Gasteiger partial charge in [-0.1, -0.05) is 6.07 Å². The summed E-state index contributed by atoms with van der Waals surface area (Å²) in [6, 6.07) is 10.1. The van der Waals surface area contributed by atoms with Crippen molar-refractivity contribution in [1.82, 2.24) is 5.32 Å². The summed E-state index contributed by atoms with van der Waals surface area (Å²) in [6.45, 7) is 1.86. The molecule has 0 saturated carbocycles. The molecule has 136 valence electrons. The summed E-state index contributed by atoms with van der Waals surface area (Å²) < 4.78 is 21.1. The summed E-state index contributed by atoms with van der Waals surface area (Å²) in [7, 11) is 1.51. The van der Waals surface area contributed by atoms with Crippen LogP contribution in [-0.4, -0.2) is 32.7 Å². The molecule has 1 aliphatic rings. The number of hydrogen-bond acceptors (Lipinski definition) is 6. The average Bonchev–Trinajstić information content (AvgIpc) is 3.13. The number of carbonyl (C=O) groups excluding carboxylic acids is 2. The Morgan fingerprint density at radius 1 is 1.23 bits per heavy atom. The lowest BCUT2D eigenvalue weighted by Crippen LogP contribution is -2.31. The minimum absolute atomic E-state index is 0.203. The fourth-order valence-electron chi connectivity index (χ4n) is 2.57. The van der Waals surface area contributed by atoms with E-state index in [0.717, 1.165) is 5.56 Å². The number of rotatable bonds is 7. The van der Waals surface area contributed by atoms with Gasteiger partial charge in [0.25, 0.3) is 5.91 Å². The van der Waals surface area contributed by atoms with E-state index in [2.05, 4.69) is 5.32 Å². The van der Waals surface area contributed by atoms with Crippen molar-refractivity contribution in [2.45, 2.75) is 13.0 Å². The predicted molar refractivity (Wildman–Crippen MR) is 93.0 cm³/mol. The molecule has 1 aliphatic heterocycles. The molecule has 1 N–H and O–H groups in total.